The van der Waals surface area contributed by atoms with E-state index in [0.717, 1.165) is 24.8 Å². The number of hydrogen-bond donors (Lipinski definition) is 1. The predicted molar refractivity (Wildman–Crippen MR) is 83.1 cm³/mol. The second-order valence-electron chi connectivity index (χ2n) is 5.75. The number of fused-ring (bicyclic) bond motifs is 1. The molecular weight excluding hydrogens is 317 g/mol. The van der Waals surface area contributed by atoms with E-state index < -0.39 is 0 Å². The van der Waals surface area contributed by atoms with Gasteiger partial charge in [0.15, 0.2) is 0 Å². The molecule has 0 spiro atoms. The van der Waals surface area contributed by atoms with Gasteiger partial charge < -0.3 is 5.73 Å². The zero-order chi connectivity index (χ0) is 14.2. The van der Waals surface area contributed by atoms with Crippen LogP contribution in [0.2, 0.25) is 0 Å². The Kier molecular flexibility index (Phi) is 3.65. The maximum absolute atomic E-state index is 13.3. The van der Waals surface area contributed by atoms with Gasteiger partial charge in [-0.2, -0.15) is 0 Å². The van der Waals surface area contributed by atoms with E-state index in [2.05, 4.69) is 40.2 Å². The highest BCUT2D eigenvalue weighted by molar-refractivity contribution is 9.10. The molecule has 0 saturated heterocycles. The molecule has 2 aromatic rings. The van der Waals surface area contributed by atoms with E-state index >= 15 is 0 Å². The summed E-state index contributed by atoms with van der Waals surface area (Å²) in [4.78, 5) is 0. The van der Waals surface area contributed by atoms with Gasteiger partial charge in [0.2, 0.25) is 0 Å². The molecule has 0 unspecified atom stereocenters. The minimum atomic E-state index is -0.217. The van der Waals surface area contributed by atoms with Crippen molar-refractivity contribution in [3.63, 3.8) is 0 Å². The van der Waals surface area contributed by atoms with Crippen molar-refractivity contribution in [3.05, 3.63) is 69.4 Å². The average Bonchev–Trinajstić information content (AvgIpc) is 2.81. The van der Waals surface area contributed by atoms with Crippen molar-refractivity contribution in [2.24, 2.45) is 11.1 Å². The van der Waals surface area contributed by atoms with E-state index in [1.165, 1.54) is 17.2 Å². The lowest BCUT2D eigenvalue weighted by Crippen LogP contribution is -2.33. The van der Waals surface area contributed by atoms with E-state index in [1.807, 2.05) is 12.1 Å². The van der Waals surface area contributed by atoms with Crippen LogP contribution in [0.4, 0.5) is 4.39 Å². The summed E-state index contributed by atoms with van der Waals surface area (Å²) in [5.74, 6) is -0.217. The summed E-state index contributed by atoms with van der Waals surface area (Å²) >= 11 is 3.26. The van der Waals surface area contributed by atoms with Gasteiger partial charge in [0.1, 0.15) is 5.82 Å². The third kappa shape index (κ3) is 2.52. The Hall–Kier alpha value is -1.19. The molecule has 3 heteroatoms. The monoisotopic (exact) mass is 333 g/mol. The van der Waals surface area contributed by atoms with Gasteiger partial charge in [-0.05, 0) is 76.0 Å². The van der Waals surface area contributed by atoms with E-state index in [9.17, 15) is 4.39 Å². The van der Waals surface area contributed by atoms with Crippen LogP contribution in [0.25, 0.3) is 0 Å². The highest BCUT2D eigenvalue weighted by atomic mass is 79.9. The van der Waals surface area contributed by atoms with E-state index in [-0.39, 0.29) is 11.2 Å². The van der Waals surface area contributed by atoms with Crippen molar-refractivity contribution in [1.82, 2.24) is 0 Å². The van der Waals surface area contributed by atoms with Gasteiger partial charge in [-0.25, -0.2) is 4.39 Å². The van der Waals surface area contributed by atoms with Crippen LogP contribution in [0.15, 0.2) is 46.9 Å². The Labute approximate surface area is 127 Å². The molecule has 0 saturated carbocycles. The van der Waals surface area contributed by atoms with E-state index in [4.69, 9.17) is 5.73 Å². The molecule has 0 fully saturated rings. The van der Waals surface area contributed by atoms with E-state index in [1.54, 1.807) is 0 Å². The summed E-state index contributed by atoms with van der Waals surface area (Å²) in [6.07, 6.45) is 2.90. The maximum atomic E-state index is 13.3. The van der Waals surface area contributed by atoms with Crippen molar-refractivity contribution in [2.45, 2.75) is 19.3 Å². The van der Waals surface area contributed by atoms with Crippen LogP contribution in [-0.4, -0.2) is 6.54 Å². The molecule has 0 aromatic heterocycles. The highest BCUT2D eigenvalue weighted by Gasteiger charge is 2.36. The first kappa shape index (κ1) is 13.8. The zero-order valence-electron chi connectivity index (χ0n) is 11.2. The van der Waals surface area contributed by atoms with Crippen LogP contribution < -0.4 is 5.73 Å². The summed E-state index contributed by atoms with van der Waals surface area (Å²) in [5.41, 5.74) is 10.1. The number of halogens is 2. The first-order valence-corrected chi connectivity index (χ1v) is 7.62. The lowest BCUT2D eigenvalue weighted by atomic mass is 9.79. The number of nitrogens with two attached hydrogens (primary N) is 1. The van der Waals surface area contributed by atoms with Gasteiger partial charge in [-0.3, -0.25) is 0 Å². The largest absolute Gasteiger partial charge is 0.330 e. The Morgan fingerprint density at radius 1 is 1.10 bits per heavy atom. The zero-order valence-corrected chi connectivity index (χ0v) is 12.8. The van der Waals surface area contributed by atoms with Crippen molar-refractivity contribution >= 4 is 15.9 Å². The maximum Gasteiger partial charge on any atom is 0.137 e. The van der Waals surface area contributed by atoms with Gasteiger partial charge in [0.05, 0.1) is 4.47 Å². The van der Waals surface area contributed by atoms with Crippen LogP contribution in [0.3, 0.4) is 0 Å². The van der Waals surface area contributed by atoms with Crippen molar-refractivity contribution < 1.29 is 4.39 Å². The molecule has 2 N–H and O–H groups in total. The Bertz CT molecular complexity index is 614. The Morgan fingerprint density at radius 2 is 1.75 bits per heavy atom. The average molecular weight is 334 g/mol. The van der Waals surface area contributed by atoms with Crippen LogP contribution in [0.5, 0.6) is 0 Å². The molecule has 0 amide bonds. The van der Waals surface area contributed by atoms with Gasteiger partial charge >= 0.3 is 0 Å². The first-order valence-electron chi connectivity index (χ1n) is 6.83. The molecule has 1 aliphatic carbocycles. The molecule has 3 rings (SSSR count). The van der Waals surface area contributed by atoms with Gasteiger partial charge in [-0.15, -0.1) is 0 Å². The molecule has 0 heterocycles. The molecule has 1 nitrogen and oxygen atoms in total. The summed E-state index contributed by atoms with van der Waals surface area (Å²) in [7, 11) is 0. The molecular formula is C17H17BrFN. The van der Waals surface area contributed by atoms with Crippen LogP contribution in [0, 0.1) is 11.2 Å². The fourth-order valence-corrected chi connectivity index (χ4v) is 3.62. The minimum Gasteiger partial charge on any atom is -0.330 e. The third-order valence-electron chi connectivity index (χ3n) is 4.25. The molecule has 0 bridgehead atoms. The number of benzene rings is 2. The van der Waals surface area contributed by atoms with Crippen molar-refractivity contribution in [3.8, 4) is 0 Å². The predicted octanol–water partition coefficient (Wildman–Crippen LogP) is 3.87. The quantitative estimate of drug-likeness (QED) is 0.906. The van der Waals surface area contributed by atoms with Gasteiger partial charge in [-0.1, -0.05) is 30.3 Å². The smallest absolute Gasteiger partial charge is 0.137 e. The lowest BCUT2D eigenvalue weighted by molar-refractivity contribution is 0.314. The topological polar surface area (TPSA) is 26.0 Å². The molecule has 1 aliphatic rings. The van der Waals surface area contributed by atoms with Crippen molar-refractivity contribution in [1.29, 1.82) is 0 Å². The number of rotatable bonds is 3. The molecule has 0 radical (unpaired) electrons. The molecule has 0 atom stereocenters. The van der Waals surface area contributed by atoms with Crippen LogP contribution in [0.1, 0.15) is 16.7 Å². The van der Waals surface area contributed by atoms with Gasteiger partial charge in [0.25, 0.3) is 0 Å². The van der Waals surface area contributed by atoms with Crippen LogP contribution in [-0.2, 0) is 19.3 Å². The summed E-state index contributed by atoms with van der Waals surface area (Å²) in [6, 6.07) is 13.8. The fourth-order valence-electron chi connectivity index (χ4n) is 3.20. The van der Waals surface area contributed by atoms with E-state index in [0.29, 0.717) is 11.0 Å². The Morgan fingerprint density at radius 3 is 2.30 bits per heavy atom. The fraction of sp³-hybridized carbons (Fsp3) is 0.294. The second-order valence-corrected chi connectivity index (χ2v) is 6.61. The summed E-state index contributed by atoms with van der Waals surface area (Å²) in [5, 5.41) is 0. The SMILES string of the molecule is NCC1(Cc2ccc(F)c(Br)c2)Cc2ccccc2C1. The normalized spacial score (nSPS) is 16.1. The number of hydrogen-bond acceptors (Lipinski definition) is 1. The summed E-state index contributed by atoms with van der Waals surface area (Å²) in [6.45, 7) is 0.649. The van der Waals surface area contributed by atoms with Crippen LogP contribution >= 0.6 is 15.9 Å². The highest BCUT2D eigenvalue weighted by Crippen LogP contribution is 2.39. The standard InChI is InChI=1S/C17H17BrFN/c18-15-7-12(5-6-16(15)19)8-17(11-20)9-13-3-1-2-4-14(13)10-17/h1-7H,8-11,20H2. The lowest BCUT2D eigenvalue weighted by Gasteiger charge is -2.27. The minimum absolute atomic E-state index is 0.0704. The first-order chi connectivity index (χ1) is 9.62. The summed E-state index contributed by atoms with van der Waals surface area (Å²) < 4.78 is 13.9. The van der Waals surface area contributed by atoms with Crippen molar-refractivity contribution in [2.75, 3.05) is 6.54 Å². The molecule has 0 aliphatic heterocycles. The molecule has 20 heavy (non-hydrogen) atoms. The molecule has 104 valence electrons. The van der Waals surface area contributed by atoms with Gasteiger partial charge in [0, 0.05) is 0 Å². The third-order valence-corrected chi connectivity index (χ3v) is 4.85. The molecule has 2 aromatic carbocycles. The second kappa shape index (κ2) is 5.30. The Balaban J connectivity index is 1.87.